The van der Waals surface area contributed by atoms with Crippen molar-refractivity contribution in [3.05, 3.63) is 77.5 Å². The summed E-state index contributed by atoms with van der Waals surface area (Å²) in [6.07, 6.45) is 5.11. The zero-order valence-corrected chi connectivity index (χ0v) is 15.9. The minimum atomic E-state index is 0.880. The number of rotatable bonds is 6. The predicted molar refractivity (Wildman–Crippen MR) is 113 cm³/mol. The molecule has 0 unspecified atom stereocenters. The Morgan fingerprint density at radius 3 is 2.69 bits per heavy atom. The number of aliphatic imine (C=N–C) groups is 1. The fourth-order valence-corrected chi connectivity index (χ4v) is 3.28. The van der Waals surface area contributed by atoms with Crippen LogP contribution in [0.3, 0.4) is 0 Å². The van der Waals surface area contributed by atoms with Crippen molar-refractivity contribution in [2.24, 2.45) is 4.99 Å². The number of nitrogens with one attached hydrogen (secondary N) is 2. The maximum Gasteiger partial charge on any atom is 0.138 e. The van der Waals surface area contributed by atoms with E-state index in [1.807, 2.05) is 0 Å². The van der Waals surface area contributed by atoms with E-state index in [-0.39, 0.29) is 0 Å². The number of unbranched alkanes of at least 4 members (excludes halogenated alkanes) is 1. The van der Waals surface area contributed by atoms with E-state index in [0.29, 0.717) is 0 Å². The van der Waals surface area contributed by atoms with Gasteiger partial charge in [-0.15, -0.1) is 0 Å². The third kappa shape index (κ3) is 3.57. The molecule has 3 nitrogen and oxygen atoms in total. The Hall–Kier alpha value is -2.81. The molecule has 2 aromatic carbocycles. The molecule has 0 spiro atoms. The molecule has 0 amide bonds. The molecule has 0 fully saturated rings. The second kappa shape index (κ2) is 7.61. The molecule has 1 heterocycles. The van der Waals surface area contributed by atoms with Crippen LogP contribution in [0.5, 0.6) is 0 Å². The van der Waals surface area contributed by atoms with Crippen LogP contribution in [0.2, 0.25) is 0 Å². The van der Waals surface area contributed by atoms with Gasteiger partial charge in [0, 0.05) is 22.5 Å². The molecule has 0 bridgehead atoms. The van der Waals surface area contributed by atoms with Gasteiger partial charge in [-0.25, -0.2) is 4.99 Å². The summed E-state index contributed by atoms with van der Waals surface area (Å²) in [6, 6.07) is 10.8. The van der Waals surface area contributed by atoms with Gasteiger partial charge in [0.2, 0.25) is 0 Å². The SMILES string of the molecule is C=CNc1cc2c(cc1C)C(=C)NC(c1cc(C)ccc1CCCC)=N2. The third-order valence-electron chi connectivity index (χ3n) is 4.75. The first-order chi connectivity index (χ1) is 12.5. The lowest BCUT2D eigenvalue weighted by molar-refractivity contribution is 0.793. The van der Waals surface area contributed by atoms with Crippen molar-refractivity contribution in [2.45, 2.75) is 40.0 Å². The highest BCUT2D eigenvalue weighted by Crippen LogP contribution is 2.34. The second-order valence-electron chi connectivity index (χ2n) is 6.86. The normalized spacial score (nSPS) is 12.9. The predicted octanol–water partition coefficient (Wildman–Crippen LogP) is 5.85. The number of fused-ring (bicyclic) bond motifs is 1. The van der Waals surface area contributed by atoms with Gasteiger partial charge in [0.15, 0.2) is 0 Å². The van der Waals surface area contributed by atoms with Crippen LogP contribution in [-0.4, -0.2) is 5.84 Å². The average Bonchev–Trinajstić information content (AvgIpc) is 2.62. The quantitative estimate of drug-likeness (QED) is 0.688. The Balaban J connectivity index is 2.09. The molecule has 3 rings (SSSR count). The van der Waals surface area contributed by atoms with Gasteiger partial charge in [0.25, 0.3) is 0 Å². The van der Waals surface area contributed by atoms with Gasteiger partial charge in [-0.3, -0.25) is 0 Å². The van der Waals surface area contributed by atoms with E-state index >= 15 is 0 Å². The second-order valence-corrected chi connectivity index (χ2v) is 6.86. The summed E-state index contributed by atoms with van der Waals surface area (Å²) in [7, 11) is 0. The highest BCUT2D eigenvalue weighted by atomic mass is 15.0. The molecule has 2 N–H and O–H groups in total. The van der Waals surface area contributed by atoms with Crippen molar-refractivity contribution in [1.82, 2.24) is 5.32 Å². The van der Waals surface area contributed by atoms with Gasteiger partial charge in [-0.1, -0.05) is 44.2 Å². The van der Waals surface area contributed by atoms with Crippen LogP contribution in [-0.2, 0) is 6.42 Å². The minimum absolute atomic E-state index is 0.880. The maximum atomic E-state index is 4.93. The van der Waals surface area contributed by atoms with Crippen LogP contribution in [0.15, 0.2) is 54.7 Å². The molecule has 0 aromatic heterocycles. The van der Waals surface area contributed by atoms with E-state index in [4.69, 9.17) is 4.99 Å². The number of benzene rings is 2. The summed E-state index contributed by atoms with van der Waals surface area (Å²) >= 11 is 0. The molecule has 3 heteroatoms. The highest BCUT2D eigenvalue weighted by molar-refractivity contribution is 6.09. The summed E-state index contributed by atoms with van der Waals surface area (Å²) < 4.78 is 0. The first-order valence-electron chi connectivity index (χ1n) is 9.20. The number of nitrogens with zero attached hydrogens (tertiary/aromatic N) is 1. The van der Waals surface area contributed by atoms with Crippen molar-refractivity contribution >= 4 is 22.9 Å². The minimum Gasteiger partial charge on any atom is -0.362 e. The number of aryl methyl sites for hydroxylation is 3. The van der Waals surface area contributed by atoms with Gasteiger partial charge in [-0.2, -0.15) is 0 Å². The molecule has 1 aliphatic rings. The number of hydrogen-bond acceptors (Lipinski definition) is 3. The molecular formula is C23H27N3. The van der Waals surface area contributed by atoms with Crippen molar-refractivity contribution in [2.75, 3.05) is 5.32 Å². The molecule has 0 saturated heterocycles. The van der Waals surface area contributed by atoms with Gasteiger partial charge >= 0.3 is 0 Å². The summed E-state index contributed by atoms with van der Waals surface area (Å²) in [6.45, 7) is 14.4. The van der Waals surface area contributed by atoms with E-state index < -0.39 is 0 Å². The van der Waals surface area contributed by atoms with E-state index in [1.165, 1.54) is 29.5 Å². The molecule has 0 radical (unpaired) electrons. The molecule has 1 aliphatic heterocycles. The summed E-state index contributed by atoms with van der Waals surface area (Å²) in [4.78, 5) is 4.93. The largest absolute Gasteiger partial charge is 0.362 e. The number of hydrogen-bond donors (Lipinski definition) is 2. The zero-order chi connectivity index (χ0) is 18.7. The zero-order valence-electron chi connectivity index (χ0n) is 15.9. The van der Waals surface area contributed by atoms with Crippen LogP contribution in [0.1, 0.15) is 47.6 Å². The topological polar surface area (TPSA) is 36.4 Å². The van der Waals surface area contributed by atoms with Crippen LogP contribution in [0.4, 0.5) is 11.4 Å². The van der Waals surface area contributed by atoms with Crippen LogP contribution < -0.4 is 10.6 Å². The summed E-state index contributed by atoms with van der Waals surface area (Å²) in [5.41, 5.74) is 8.77. The lowest BCUT2D eigenvalue weighted by atomic mass is 9.97. The number of amidine groups is 1. The van der Waals surface area contributed by atoms with E-state index in [2.05, 4.69) is 74.9 Å². The monoisotopic (exact) mass is 345 g/mol. The molecule has 0 atom stereocenters. The van der Waals surface area contributed by atoms with Crippen molar-refractivity contribution in [1.29, 1.82) is 0 Å². The van der Waals surface area contributed by atoms with Gasteiger partial charge < -0.3 is 10.6 Å². The Kier molecular flexibility index (Phi) is 5.27. The molecule has 2 aromatic rings. The Labute approximate surface area is 156 Å². The van der Waals surface area contributed by atoms with E-state index in [1.54, 1.807) is 6.20 Å². The van der Waals surface area contributed by atoms with Crippen molar-refractivity contribution < 1.29 is 0 Å². The number of anilines is 1. The standard InChI is InChI=1S/C23H27N3/c1-6-8-9-18-11-10-15(3)12-20(18)23-25-17(5)19-13-16(4)21(24-7-2)14-22(19)26-23/h7,10-14,24H,2,5-6,8-9H2,1,3-4H3,(H,25,26). The Morgan fingerprint density at radius 1 is 1.15 bits per heavy atom. The van der Waals surface area contributed by atoms with E-state index in [9.17, 15) is 0 Å². The van der Waals surface area contributed by atoms with Crippen molar-refractivity contribution in [3.8, 4) is 0 Å². The lowest BCUT2D eigenvalue weighted by Crippen LogP contribution is -2.26. The van der Waals surface area contributed by atoms with Gasteiger partial charge in [-0.05, 0) is 62.2 Å². The fourth-order valence-electron chi connectivity index (χ4n) is 3.28. The lowest BCUT2D eigenvalue weighted by Gasteiger charge is -2.23. The summed E-state index contributed by atoms with van der Waals surface area (Å²) in [5, 5.41) is 6.61. The summed E-state index contributed by atoms with van der Waals surface area (Å²) in [5.74, 6) is 0.880. The molecule has 0 aliphatic carbocycles. The molecule has 134 valence electrons. The van der Waals surface area contributed by atoms with Crippen LogP contribution in [0, 0.1) is 13.8 Å². The first-order valence-corrected chi connectivity index (χ1v) is 9.20. The Morgan fingerprint density at radius 2 is 1.96 bits per heavy atom. The van der Waals surface area contributed by atoms with Gasteiger partial charge in [0.1, 0.15) is 5.84 Å². The highest BCUT2D eigenvalue weighted by Gasteiger charge is 2.19. The van der Waals surface area contributed by atoms with E-state index in [0.717, 1.165) is 40.5 Å². The van der Waals surface area contributed by atoms with Crippen LogP contribution in [0.25, 0.3) is 5.70 Å². The molecular weight excluding hydrogens is 318 g/mol. The molecule has 0 saturated carbocycles. The first kappa shape index (κ1) is 18.0. The third-order valence-corrected chi connectivity index (χ3v) is 4.75. The van der Waals surface area contributed by atoms with Crippen LogP contribution >= 0.6 is 0 Å². The van der Waals surface area contributed by atoms with Crippen molar-refractivity contribution in [3.63, 3.8) is 0 Å². The smallest absolute Gasteiger partial charge is 0.138 e. The molecule has 26 heavy (non-hydrogen) atoms. The Bertz CT molecular complexity index is 891. The average molecular weight is 345 g/mol. The fraction of sp³-hybridized carbons (Fsp3) is 0.261. The van der Waals surface area contributed by atoms with Gasteiger partial charge in [0.05, 0.1) is 5.69 Å². The maximum absolute atomic E-state index is 4.93.